The SMILES string of the molecule is CCOP(=O)(OCC)c1cnc(P(=O)(OCC)OCC)cn1. The molecule has 0 fully saturated rings. The third-order valence-electron chi connectivity index (χ3n) is 2.38. The molecule has 0 N–H and O–H groups in total. The van der Waals surface area contributed by atoms with Gasteiger partial charge in [-0.3, -0.25) is 9.13 Å². The highest BCUT2D eigenvalue weighted by Crippen LogP contribution is 2.47. The molecule has 1 aromatic rings. The molecule has 1 heterocycles. The second-order valence-corrected chi connectivity index (χ2v) is 7.84. The molecular formula is C12H22N2O6P2. The standard InChI is InChI=1S/C12H22N2O6P2/c1-5-17-21(15,18-6-2)11-9-14-12(10-13-11)22(16,19-7-3)20-8-4/h9-10H,5-8H2,1-4H3. The van der Waals surface area contributed by atoms with Crippen LogP contribution in [0.25, 0.3) is 0 Å². The topological polar surface area (TPSA) is 96.8 Å². The van der Waals surface area contributed by atoms with Gasteiger partial charge in [0.15, 0.2) is 10.9 Å². The van der Waals surface area contributed by atoms with Crippen molar-refractivity contribution >= 4 is 26.1 Å². The number of aromatic nitrogens is 2. The lowest BCUT2D eigenvalue weighted by atomic mass is 10.8. The molecule has 0 aliphatic carbocycles. The van der Waals surface area contributed by atoms with Gasteiger partial charge in [-0.15, -0.1) is 0 Å². The van der Waals surface area contributed by atoms with E-state index in [2.05, 4.69) is 9.97 Å². The number of hydrogen-bond acceptors (Lipinski definition) is 8. The van der Waals surface area contributed by atoms with Gasteiger partial charge in [-0.25, -0.2) is 9.97 Å². The molecule has 8 nitrogen and oxygen atoms in total. The Labute approximate surface area is 130 Å². The van der Waals surface area contributed by atoms with E-state index >= 15 is 0 Å². The van der Waals surface area contributed by atoms with Crippen LogP contribution in [0.5, 0.6) is 0 Å². The van der Waals surface area contributed by atoms with Gasteiger partial charge in [-0.2, -0.15) is 0 Å². The number of nitrogens with zero attached hydrogens (tertiary/aromatic N) is 2. The Morgan fingerprint density at radius 2 is 1.00 bits per heavy atom. The molecule has 0 aliphatic heterocycles. The average molecular weight is 352 g/mol. The smallest absolute Gasteiger partial charge is 0.304 e. The number of hydrogen-bond donors (Lipinski definition) is 0. The summed E-state index contributed by atoms with van der Waals surface area (Å²) >= 11 is 0. The summed E-state index contributed by atoms with van der Waals surface area (Å²) in [4.78, 5) is 8.02. The van der Waals surface area contributed by atoms with Crippen LogP contribution in [0.1, 0.15) is 27.7 Å². The van der Waals surface area contributed by atoms with Crippen LogP contribution in [0.15, 0.2) is 12.4 Å². The largest absolute Gasteiger partial charge is 0.381 e. The van der Waals surface area contributed by atoms with Crippen molar-refractivity contribution in [2.75, 3.05) is 26.4 Å². The average Bonchev–Trinajstić information content (AvgIpc) is 2.48. The summed E-state index contributed by atoms with van der Waals surface area (Å²) in [7, 11) is -7.04. The summed E-state index contributed by atoms with van der Waals surface area (Å²) in [5.74, 6) is 0. The minimum absolute atomic E-state index is 0.0551. The second kappa shape index (κ2) is 8.87. The fourth-order valence-electron chi connectivity index (χ4n) is 1.62. The van der Waals surface area contributed by atoms with Crippen molar-refractivity contribution in [2.24, 2.45) is 0 Å². The molecule has 0 aliphatic rings. The molecule has 0 unspecified atom stereocenters. The van der Waals surface area contributed by atoms with Gasteiger partial charge < -0.3 is 18.1 Å². The van der Waals surface area contributed by atoms with E-state index in [4.69, 9.17) is 18.1 Å². The lowest BCUT2D eigenvalue weighted by molar-refractivity contribution is 0.227. The van der Waals surface area contributed by atoms with E-state index in [0.717, 1.165) is 0 Å². The molecule has 0 spiro atoms. The Morgan fingerprint density at radius 3 is 1.18 bits per heavy atom. The Hall–Kier alpha value is -0.620. The molecular weight excluding hydrogens is 330 g/mol. The molecule has 0 saturated carbocycles. The van der Waals surface area contributed by atoms with Crippen LogP contribution < -0.4 is 10.9 Å². The van der Waals surface area contributed by atoms with Crippen molar-refractivity contribution in [3.63, 3.8) is 0 Å². The highest BCUT2D eigenvalue weighted by Gasteiger charge is 2.32. The molecule has 10 heteroatoms. The lowest BCUT2D eigenvalue weighted by Crippen LogP contribution is -2.22. The fraction of sp³-hybridized carbons (Fsp3) is 0.667. The zero-order chi connectivity index (χ0) is 16.6. The van der Waals surface area contributed by atoms with Gasteiger partial charge in [0.2, 0.25) is 0 Å². The Kier molecular flexibility index (Phi) is 7.83. The first kappa shape index (κ1) is 19.4. The van der Waals surface area contributed by atoms with Crippen LogP contribution in [0.2, 0.25) is 0 Å². The summed E-state index contributed by atoms with van der Waals surface area (Å²) in [6.45, 7) is 7.62. The zero-order valence-corrected chi connectivity index (χ0v) is 15.0. The Bertz CT molecular complexity index is 482. The molecule has 126 valence electrons. The van der Waals surface area contributed by atoms with E-state index in [9.17, 15) is 9.13 Å². The summed E-state index contributed by atoms with van der Waals surface area (Å²) in [6, 6.07) is 0. The quantitative estimate of drug-likeness (QED) is 0.592. The Morgan fingerprint density at radius 1 is 0.727 bits per heavy atom. The van der Waals surface area contributed by atoms with Crippen LogP contribution in [0, 0.1) is 0 Å². The Balaban J connectivity index is 3.11. The van der Waals surface area contributed by atoms with Gasteiger partial charge in [-0.05, 0) is 27.7 Å². The predicted octanol–water partition coefficient (Wildman–Crippen LogP) is 2.26. The van der Waals surface area contributed by atoms with Gasteiger partial charge in [0.25, 0.3) is 0 Å². The summed E-state index contributed by atoms with van der Waals surface area (Å²) in [5.41, 5.74) is 0.110. The zero-order valence-electron chi connectivity index (χ0n) is 13.2. The summed E-state index contributed by atoms with van der Waals surface area (Å²) in [5, 5.41) is 0. The van der Waals surface area contributed by atoms with E-state index in [1.807, 2.05) is 0 Å². The van der Waals surface area contributed by atoms with Gasteiger partial charge in [0.1, 0.15) is 0 Å². The van der Waals surface area contributed by atoms with Crippen molar-refractivity contribution in [2.45, 2.75) is 27.7 Å². The first-order valence-corrected chi connectivity index (χ1v) is 10.2. The van der Waals surface area contributed by atoms with E-state index in [0.29, 0.717) is 0 Å². The van der Waals surface area contributed by atoms with E-state index in [-0.39, 0.29) is 37.3 Å². The molecule has 0 atom stereocenters. The molecule has 1 aromatic heterocycles. The maximum atomic E-state index is 12.5. The predicted molar refractivity (Wildman–Crippen MR) is 83.0 cm³/mol. The monoisotopic (exact) mass is 352 g/mol. The highest BCUT2D eigenvalue weighted by atomic mass is 31.2. The van der Waals surface area contributed by atoms with Crippen LogP contribution in [0.4, 0.5) is 0 Å². The lowest BCUT2D eigenvalue weighted by Gasteiger charge is -2.18. The molecule has 1 rings (SSSR count). The normalized spacial score (nSPS) is 12.5. The minimum atomic E-state index is -3.52. The van der Waals surface area contributed by atoms with Crippen LogP contribution in [0.3, 0.4) is 0 Å². The first-order valence-electron chi connectivity index (χ1n) is 7.07. The van der Waals surface area contributed by atoms with Crippen LogP contribution >= 0.6 is 15.2 Å². The van der Waals surface area contributed by atoms with Crippen molar-refractivity contribution in [1.29, 1.82) is 0 Å². The van der Waals surface area contributed by atoms with E-state index < -0.39 is 15.2 Å². The van der Waals surface area contributed by atoms with Gasteiger partial charge in [0, 0.05) is 0 Å². The third kappa shape index (κ3) is 4.69. The van der Waals surface area contributed by atoms with E-state index in [1.165, 1.54) is 12.4 Å². The van der Waals surface area contributed by atoms with Gasteiger partial charge >= 0.3 is 15.2 Å². The van der Waals surface area contributed by atoms with Crippen LogP contribution in [-0.2, 0) is 27.2 Å². The molecule has 0 aromatic carbocycles. The van der Waals surface area contributed by atoms with Crippen molar-refractivity contribution in [3.8, 4) is 0 Å². The number of rotatable bonds is 10. The maximum absolute atomic E-state index is 12.5. The summed E-state index contributed by atoms with van der Waals surface area (Å²) in [6.07, 6.45) is 2.43. The van der Waals surface area contributed by atoms with Gasteiger partial charge in [-0.1, -0.05) is 0 Å². The fourth-order valence-corrected chi connectivity index (χ4v) is 4.45. The molecule has 0 amide bonds. The van der Waals surface area contributed by atoms with Crippen molar-refractivity contribution in [1.82, 2.24) is 9.97 Å². The van der Waals surface area contributed by atoms with Gasteiger partial charge in [0.05, 0.1) is 38.8 Å². The maximum Gasteiger partial charge on any atom is 0.381 e. The van der Waals surface area contributed by atoms with Crippen molar-refractivity contribution in [3.05, 3.63) is 12.4 Å². The van der Waals surface area contributed by atoms with Crippen molar-refractivity contribution < 1.29 is 27.2 Å². The molecule has 0 bridgehead atoms. The molecule has 22 heavy (non-hydrogen) atoms. The third-order valence-corrected chi connectivity index (χ3v) is 6.36. The van der Waals surface area contributed by atoms with E-state index in [1.54, 1.807) is 27.7 Å². The first-order chi connectivity index (χ1) is 10.5. The summed E-state index contributed by atoms with van der Waals surface area (Å²) < 4.78 is 45.8. The molecule has 0 saturated heterocycles. The molecule has 0 radical (unpaired) electrons. The van der Waals surface area contributed by atoms with Crippen LogP contribution in [-0.4, -0.2) is 36.4 Å². The highest BCUT2D eigenvalue weighted by molar-refractivity contribution is 7.62. The minimum Gasteiger partial charge on any atom is -0.304 e. The second-order valence-electron chi connectivity index (χ2n) is 3.90.